The maximum atomic E-state index is 12.5. The second-order valence-electron chi connectivity index (χ2n) is 5.48. The first kappa shape index (κ1) is 19.5. The van der Waals surface area contributed by atoms with Crippen molar-refractivity contribution in [2.75, 3.05) is 19.6 Å². The van der Waals surface area contributed by atoms with Gasteiger partial charge >= 0.3 is 0 Å². The summed E-state index contributed by atoms with van der Waals surface area (Å²) >= 11 is 0. The molecular formula is C16H22Cl2N4O. The molecule has 1 aromatic carbocycles. The number of benzene rings is 1. The lowest BCUT2D eigenvalue weighted by Crippen LogP contribution is -2.52. The fourth-order valence-electron chi connectivity index (χ4n) is 2.65. The van der Waals surface area contributed by atoms with Gasteiger partial charge in [0.15, 0.2) is 0 Å². The van der Waals surface area contributed by atoms with E-state index in [-0.39, 0.29) is 36.8 Å². The highest BCUT2D eigenvalue weighted by Gasteiger charge is 2.23. The number of nitrogens with one attached hydrogen (secondary N) is 1. The molecule has 1 aliphatic heterocycles. The van der Waals surface area contributed by atoms with E-state index >= 15 is 0 Å². The summed E-state index contributed by atoms with van der Waals surface area (Å²) in [5.41, 5.74) is 1.93. The molecule has 2 aromatic rings. The van der Waals surface area contributed by atoms with Crippen LogP contribution < -0.4 is 5.32 Å². The summed E-state index contributed by atoms with van der Waals surface area (Å²) in [5.74, 6) is 0.123. The van der Waals surface area contributed by atoms with Gasteiger partial charge in [0.1, 0.15) is 0 Å². The van der Waals surface area contributed by atoms with Crippen LogP contribution in [0.1, 0.15) is 22.8 Å². The van der Waals surface area contributed by atoms with Gasteiger partial charge in [0, 0.05) is 50.2 Å². The Labute approximate surface area is 148 Å². The number of hydrogen-bond donors (Lipinski definition) is 1. The number of halogens is 2. The van der Waals surface area contributed by atoms with E-state index < -0.39 is 0 Å². The van der Waals surface area contributed by atoms with Gasteiger partial charge in [0.25, 0.3) is 5.91 Å². The Hall–Kier alpha value is -1.56. The van der Waals surface area contributed by atoms with Crippen molar-refractivity contribution in [3.05, 3.63) is 54.1 Å². The third kappa shape index (κ3) is 4.70. The van der Waals surface area contributed by atoms with Crippen molar-refractivity contribution in [2.45, 2.75) is 19.5 Å². The molecule has 1 aliphatic rings. The highest BCUT2D eigenvalue weighted by atomic mass is 35.5. The van der Waals surface area contributed by atoms with Crippen LogP contribution in [0.2, 0.25) is 0 Å². The molecule has 2 heterocycles. The zero-order chi connectivity index (χ0) is 14.7. The van der Waals surface area contributed by atoms with E-state index in [1.54, 1.807) is 12.5 Å². The average Bonchev–Trinajstić information content (AvgIpc) is 3.01. The van der Waals surface area contributed by atoms with Crippen molar-refractivity contribution in [1.82, 2.24) is 19.8 Å². The van der Waals surface area contributed by atoms with Crippen molar-refractivity contribution in [2.24, 2.45) is 0 Å². The molecule has 1 aromatic heterocycles. The molecule has 7 heteroatoms. The molecule has 5 nitrogen and oxygen atoms in total. The van der Waals surface area contributed by atoms with E-state index in [9.17, 15) is 4.79 Å². The Bertz CT molecular complexity index is 601. The number of nitrogens with zero attached hydrogens (tertiary/aromatic N) is 3. The van der Waals surface area contributed by atoms with Crippen molar-refractivity contribution in [3.8, 4) is 0 Å². The van der Waals surface area contributed by atoms with Gasteiger partial charge in [-0.3, -0.25) is 4.79 Å². The van der Waals surface area contributed by atoms with Crippen LogP contribution in [0.5, 0.6) is 0 Å². The Morgan fingerprint density at radius 2 is 2.04 bits per heavy atom. The average molecular weight is 357 g/mol. The van der Waals surface area contributed by atoms with Gasteiger partial charge in [-0.1, -0.05) is 12.1 Å². The van der Waals surface area contributed by atoms with E-state index in [4.69, 9.17) is 0 Å². The fourth-order valence-corrected chi connectivity index (χ4v) is 2.65. The minimum Gasteiger partial charge on any atom is -0.333 e. The van der Waals surface area contributed by atoms with Crippen molar-refractivity contribution in [1.29, 1.82) is 0 Å². The summed E-state index contributed by atoms with van der Waals surface area (Å²) in [6.07, 6.45) is 5.49. The molecule has 1 atom stereocenters. The van der Waals surface area contributed by atoms with Crippen LogP contribution in [0.15, 0.2) is 43.0 Å². The zero-order valence-corrected chi connectivity index (χ0v) is 14.6. The maximum Gasteiger partial charge on any atom is 0.254 e. The van der Waals surface area contributed by atoms with E-state index in [0.717, 1.165) is 37.3 Å². The fraction of sp³-hybridized carbons (Fsp3) is 0.375. The van der Waals surface area contributed by atoms with Crippen LogP contribution in [0, 0.1) is 0 Å². The number of amides is 1. The summed E-state index contributed by atoms with van der Waals surface area (Å²) < 4.78 is 2.01. The van der Waals surface area contributed by atoms with E-state index in [2.05, 4.69) is 17.2 Å². The molecule has 1 saturated heterocycles. The number of rotatable bonds is 3. The third-order valence-electron chi connectivity index (χ3n) is 3.89. The molecule has 126 valence electrons. The van der Waals surface area contributed by atoms with Gasteiger partial charge in [0.05, 0.1) is 6.33 Å². The topological polar surface area (TPSA) is 50.2 Å². The van der Waals surface area contributed by atoms with E-state index in [1.165, 1.54) is 0 Å². The van der Waals surface area contributed by atoms with E-state index in [0.29, 0.717) is 0 Å². The molecule has 0 bridgehead atoms. The minimum atomic E-state index is 0. The summed E-state index contributed by atoms with van der Waals surface area (Å²) in [6.45, 7) is 5.37. The minimum absolute atomic E-state index is 0. The molecule has 1 N–H and O–H groups in total. The smallest absolute Gasteiger partial charge is 0.254 e. The van der Waals surface area contributed by atoms with Gasteiger partial charge in [-0.25, -0.2) is 4.98 Å². The number of imidazole rings is 1. The van der Waals surface area contributed by atoms with Gasteiger partial charge in [-0.2, -0.15) is 0 Å². The van der Waals surface area contributed by atoms with Crippen LogP contribution in [0.4, 0.5) is 0 Å². The number of aromatic nitrogens is 2. The van der Waals surface area contributed by atoms with Gasteiger partial charge in [0.2, 0.25) is 0 Å². The lowest BCUT2D eigenvalue weighted by molar-refractivity contribution is 0.0656. The number of hydrogen-bond acceptors (Lipinski definition) is 3. The molecule has 0 saturated carbocycles. The second-order valence-corrected chi connectivity index (χ2v) is 5.48. The van der Waals surface area contributed by atoms with Crippen LogP contribution in [0.25, 0.3) is 0 Å². The largest absolute Gasteiger partial charge is 0.333 e. The van der Waals surface area contributed by atoms with Crippen molar-refractivity contribution >= 4 is 30.7 Å². The highest BCUT2D eigenvalue weighted by molar-refractivity contribution is 5.94. The standard InChI is InChI=1S/C16H20N4O.2ClH/c1-13-10-17-7-9-20(13)16(21)15-4-2-14(3-5-15)11-19-8-6-18-12-19;;/h2-6,8,12-13,17H,7,9-11H2,1H3;2*1H/t13-;;/m1../s1. The zero-order valence-electron chi connectivity index (χ0n) is 13.0. The third-order valence-corrected chi connectivity index (χ3v) is 3.89. The van der Waals surface area contributed by atoms with Crippen molar-refractivity contribution < 1.29 is 4.79 Å². The summed E-state index contributed by atoms with van der Waals surface area (Å²) in [6, 6.07) is 8.12. The summed E-state index contributed by atoms with van der Waals surface area (Å²) in [5, 5.41) is 3.30. The molecule has 1 amide bonds. The molecule has 23 heavy (non-hydrogen) atoms. The summed E-state index contributed by atoms with van der Waals surface area (Å²) in [7, 11) is 0. The molecule has 0 spiro atoms. The normalized spacial score (nSPS) is 17.1. The quantitative estimate of drug-likeness (QED) is 0.916. The molecule has 0 radical (unpaired) electrons. The first-order valence-electron chi connectivity index (χ1n) is 7.30. The molecule has 1 fully saturated rings. The Morgan fingerprint density at radius 1 is 1.30 bits per heavy atom. The number of piperazine rings is 1. The number of carbonyl (C=O) groups is 1. The molecule has 3 rings (SSSR count). The lowest BCUT2D eigenvalue weighted by Gasteiger charge is -2.34. The predicted molar refractivity (Wildman–Crippen MR) is 95.6 cm³/mol. The Morgan fingerprint density at radius 3 is 2.65 bits per heavy atom. The Kier molecular flexibility index (Phi) is 7.55. The lowest BCUT2D eigenvalue weighted by atomic mass is 10.1. The van der Waals surface area contributed by atoms with Crippen LogP contribution >= 0.6 is 24.8 Å². The first-order chi connectivity index (χ1) is 10.2. The van der Waals surface area contributed by atoms with Gasteiger partial charge < -0.3 is 14.8 Å². The first-order valence-corrected chi connectivity index (χ1v) is 7.30. The molecule has 0 unspecified atom stereocenters. The van der Waals surface area contributed by atoms with Crippen molar-refractivity contribution in [3.63, 3.8) is 0 Å². The van der Waals surface area contributed by atoms with E-state index in [1.807, 2.05) is 39.9 Å². The Balaban J connectivity index is 0.00000132. The van der Waals surface area contributed by atoms with Crippen LogP contribution in [0.3, 0.4) is 0 Å². The van der Waals surface area contributed by atoms with Crippen LogP contribution in [-0.4, -0.2) is 46.0 Å². The molecule has 0 aliphatic carbocycles. The number of carbonyl (C=O) groups excluding carboxylic acids is 1. The van der Waals surface area contributed by atoms with Gasteiger partial charge in [-0.05, 0) is 24.6 Å². The summed E-state index contributed by atoms with van der Waals surface area (Å²) in [4.78, 5) is 18.5. The highest BCUT2D eigenvalue weighted by Crippen LogP contribution is 2.12. The predicted octanol–water partition coefficient (Wildman–Crippen LogP) is 2.21. The molecular weight excluding hydrogens is 335 g/mol. The SMILES string of the molecule is C[C@@H]1CNCCN1C(=O)c1ccc(Cn2ccnc2)cc1.Cl.Cl. The van der Waals surface area contributed by atoms with Crippen LogP contribution in [-0.2, 0) is 6.54 Å². The second kappa shape index (κ2) is 8.91. The maximum absolute atomic E-state index is 12.5. The monoisotopic (exact) mass is 356 g/mol. The van der Waals surface area contributed by atoms with Gasteiger partial charge in [-0.15, -0.1) is 24.8 Å².